The number of amides is 1. The second-order valence-corrected chi connectivity index (χ2v) is 6.05. The van der Waals surface area contributed by atoms with Crippen molar-refractivity contribution in [3.8, 4) is 0 Å². The normalized spacial score (nSPS) is 15.8. The molecule has 4 nitrogen and oxygen atoms in total. The van der Waals surface area contributed by atoms with Gasteiger partial charge in [0, 0.05) is 13.2 Å². The second kappa shape index (κ2) is 11.1. The van der Waals surface area contributed by atoms with Gasteiger partial charge in [-0.3, -0.25) is 4.79 Å². The molecule has 20 heavy (non-hydrogen) atoms. The molecule has 0 heterocycles. The third kappa shape index (κ3) is 8.54. The van der Waals surface area contributed by atoms with E-state index in [4.69, 9.17) is 10.5 Å². The summed E-state index contributed by atoms with van der Waals surface area (Å²) in [7, 11) is 0. The molecule has 0 bridgehead atoms. The van der Waals surface area contributed by atoms with Crippen molar-refractivity contribution in [1.29, 1.82) is 0 Å². The molecule has 0 saturated carbocycles. The van der Waals surface area contributed by atoms with Crippen LogP contribution in [0.2, 0.25) is 0 Å². The van der Waals surface area contributed by atoms with Gasteiger partial charge in [-0.25, -0.2) is 0 Å². The van der Waals surface area contributed by atoms with E-state index >= 15 is 0 Å². The number of unbranched alkanes of at least 4 members (excludes halogenated alkanes) is 1. The Hall–Kier alpha value is -0.610. The van der Waals surface area contributed by atoms with Gasteiger partial charge in [-0.1, -0.05) is 27.2 Å². The first-order chi connectivity index (χ1) is 9.46. The summed E-state index contributed by atoms with van der Waals surface area (Å²) in [5.74, 6) is 0.380. The third-order valence-corrected chi connectivity index (χ3v) is 3.71. The first-order valence-corrected chi connectivity index (χ1v) is 8.09. The smallest absolute Gasteiger partial charge is 0.237 e. The molecule has 4 heteroatoms. The second-order valence-electron chi connectivity index (χ2n) is 6.05. The van der Waals surface area contributed by atoms with E-state index in [9.17, 15) is 4.79 Å². The fraction of sp³-hybridized carbons (Fsp3) is 0.938. The molecule has 1 amide bonds. The Morgan fingerprint density at radius 3 is 2.55 bits per heavy atom. The Bertz CT molecular complexity index is 259. The molecule has 3 N–H and O–H groups in total. The molecule has 0 aromatic carbocycles. The zero-order valence-electron chi connectivity index (χ0n) is 13.8. The van der Waals surface area contributed by atoms with E-state index in [0.29, 0.717) is 5.92 Å². The van der Waals surface area contributed by atoms with E-state index in [2.05, 4.69) is 26.1 Å². The molecule has 0 spiro atoms. The number of nitrogens with one attached hydrogen (secondary N) is 1. The summed E-state index contributed by atoms with van der Waals surface area (Å²) in [6.45, 7) is 10.8. The summed E-state index contributed by atoms with van der Waals surface area (Å²) in [4.78, 5) is 11.5. The van der Waals surface area contributed by atoms with Gasteiger partial charge in [0.25, 0.3) is 0 Å². The molecule has 2 atom stereocenters. The van der Waals surface area contributed by atoms with Gasteiger partial charge in [-0.15, -0.1) is 0 Å². The summed E-state index contributed by atoms with van der Waals surface area (Å²) < 4.78 is 5.67. The van der Waals surface area contributed by atoms with Gasteiger partial charge in [0.15, 0.2) is 0 Å². The predicted octanol–water partition coefficient (Wildman–Crippen LogP) is 2.85. The van der Waals surface area contributed by atoms with Crippen LogP contribution in [0.25, 0.3) is 0 Å². The number of hydrogen-bond donors (Lipinski definition) is 2. The van der Waals surface area contributed by atoms with Crippen LogP contribution in [0.4, 0.5) is 0 Å². The first kappa shape index (κ1) is 19.4. The van der Waals surface area contributed by atoms with Crippen molar-refractivity contribution >= 4 is 5.91 Å². The monoisotopic (exact) mass is 286 g/mol. The minimum atomic E-state index is -0.578. The predicted molar refractivity (Wildman–Crippen MR) is 84.6 cm³/mol. The summed E-state index contributed by atoms with van der Waals surface area (Å²) in [6, 6.07) is 0. The van der Waals surface area contributed by atoms with Crippen LogP contribution in [0.3, 0.4) is 0 Å². The van der Waals surface area contributed by atoms with E-state index in [0.717, 1.165) is 45.4 Å². The Balaban J connectivity index is 3.76. The van der Waals surface area contributed by atoms with Crippen molar-refractivity contribution in [2.45, 2.75) is 71.8 Å². The van der Waals surface area contributed by atoms with Gasteiger partial charge in [0.05, 0.1) is 5.54 Å². The largest absolute Gasteiger partial charge is 0.381 e. The summed E-state index contributed by atoms with van der Waals surface area (Å²) in [6.07, 6.45) is 6.15. The van der Waals surface area contributed by atoms with Crippen LogP contribution >= 0.6 is 0 Å². The Labute approximate surface area is 124 Å². The maximum atomic E-state index is 11.5. The zero-order valence-corrected chi connectivity index (χ0v) is 13.8. The fourth-order valence-electron chi connectivity index (χ4n) is 2.24. The quantitative estimate of drug-likeness (QED) is 0.512. The first-order valence-electron chi connectivity index (χ1n) is 8.09. The zero-order chi connectivity index (χ0) is 15.4. The molecule has 0 aliphatic heterocycles. The average molecular weight is 286 g/mol. The van der Waals surface area contributed by atoms with Crippen LogP contribution in [0.15, 0.2) is 0 Å². The molecule has 0 fully saturated rings. The number of primary amides is 1. The van der Waals surface area contributed by atoms with Crippen molar-refractivity contribution in [3.05, 3.63) is 0 Å². The molecule has 0 rings (SSSR count). The van der Waals surface area contributed by atoms with E-state index in [1.54, 1.807) is 0 Å². The Morgan fingerprint density at radius 1 is 1.30 bits per heavy atom. The minimum Gasteiger partial charge on any atom is -0.381 e. The van der Waals surface area contributed by atoms with Gasteiger partial charge in [0.2, 0.25) is 5.91 Å². The standard InChI is InChI=1S/C16H34N2O2/c1-5-9-14(3)13-20-12-8-7-10-16(4,15(17)19)18-11-6-2/h14,18H,5-13H2,1-4H3,(H2,17,19). The van der Waals surface area contributed by atoms with E-state index in [-0.39, 0.29) is 5.91 Å². The Morgan fingerprint density at radius 2 is 2.00 bits per heavy atom. The molecule has 0 aromatic heterocycles. The fourth-order valence-corrected chi connectivity index (χ4v) is 2.24. The number of rotatable bonds is 13. The van der Waals surface area contributed by atoms with E-state index in [1.807, 2.05) is 6.92 Å². The van der Waals surface area contributed by atoms with Crippen LogP contribution in [0.1, 0.15) is 66.2 Å². The van der Waals surface area contributed by atoms with Crippen molar-refractivity contribution in [1.82, 2.24) is 5.32 Å². The van der Waals surface area contributed by atoms with Gasteiger partial charge in [-0.05, 0) is 51.5 Å². The van der Waals surface area contributed by atoms with Gasteiger partial charge in [0.1, 0.15) is 0 Å². The van der Waals surface area contributed by atoms with Crippen LogP contribution in [-0.2, 0) is 9.53 Å². The SMILES string of the molecule is CCCNC(C)(CCCCOCC(C)CCC)C(N)=O. The van der Waals surface area contributed by atoms with Crippen LogP contribution in [-0.4, -0.2) is 31.2 Å². The molecule has 120 valence electrons. The lowest BCUT2D eigenvalue weighted by Crippen LogP contribution is -2.53. The molecule has 2 unspecified atom stereocenters. The molecule has 0 saturated heterocycles. The number of nitrogens with two attached hydrogens (primary N) is 1. The topological polar surface area (TPSA) is 64.3 Å². The van der Waals surface area contributed by atoms with Gasteiger partial charge in [-0.2, -0.15) is 0 Å². The van der Waals surface area contributed by atoms with Gasteiger partial charge < -0.3 is 15.8 Å². The maximum Gasteiger partial charge on any atom is 0.237 e. The highest BCUT2D eigenvalue weighted by Crippen LogP contribution is 2.14. The van der Waals surface area contributed by atoms with Gasteiger partial charge >= 0.3 is 0 Å². The molecular formula is C16H34N2O2. The lowest BCUT2D eigenvalue weighted by Gasteiger charge is -2.27. The van der Waals surface area contributed by atoms with E-state index in [1.165, 1.54) is 12.8 Å². The minimum absolute atomic E-state index is 0.261. The van der Waals surface area contributed by atoms with Crippen molar-refractivity contribution in [2.24, 2.45) is 11.7 Å². The summed E-state index contributed by atoms with van der Waals surface area (Å²) in [5.41, 5.74) is 4.92. The highest BCUT2D eigenvalue weighted by molar-refractivity contribution is 5.84. The molecule has 0 aliphatic rings. The lowest BCUT2D eigenvalue weighted by molar-refractivity contribution is -0.124. The summed E-state index contributed by atoms with van der Waals surface area (Å²) in [5, 5.41) is 3.26. The van der Waals surface area contributed by atoms with Crippen molar-refractivity contribution in [2.75, 3.05) is 19.8 Å². The van der Waals surface area contributed by atoms with Crippen molar-refractivity contribution < 1.29 is 9.53 Å². The highest BCUT2D eigenvalue weighted by Gasteiger charge is 2.29. The molecule has 0 aromatic rings. The van der Waals surface area contributed by atoms with E-state index < -0.39 is 5.54 Å². The number of carbonyl (C=O) groups is 1. The summed E-state index contributed by atoms with van der Waals surface area (Å²) >= 11 is 0. The maximum absolute atomic E-state index is 11.5. The number of hydrogen-bond acceptors (Lipinski definition) is 3. The molecule has 0 radical (unpaired) electrons. The van der Waals surface area contributed by atoms with Crippen LogP contribution in [0, 0.1) is 5.92 Å². The Kier molecular flexibility index (Phi) is 10.8. The van der Waals surface area contributed by atoms with Crippen LogP contribution < -0.4 is 11.1 Å². The highest BCUT2D eigenvalue weighted by atomic mass is 16.5. The number of ether oxygens (including phenoxy) is 1. The molecule has 0 aliphatic carbocycles. The third-order valence-electron chi connectivity index (χ3n) is 3.71. The van der Waals surface area contributed by atoms with Crippen molar-refractivity contribution in [3.63, 3.8) is 0 Å². The number of carbonyl (C=O) groups excluding carboxylic acids is 1. The average Bonchev–Trinajstić information content (AvgIpc) is 2.40. The molecular weight excluding hydrogens is 252 g/mol. The lowest BCUT2D eigenvalue weighted by atomic mass is 9.94. The van der Waals surface area contributed by atoms with Crippen LogP contribution in [0.5, 0.6) is 0 Å².